The van der Waals surface area contributed by atoms with E-state index in [0.29, 0.717) is 12.0 Å². The summed E-state index contributed by atoms with van der Waals surface area (Å²) in [5, 5.41) is 2.38. The van der Waals surface area contributed by atoms with Gasteiger partial charge in [-0.15, -0.1) is 0 Å². The van der Waals surface area contributed by atoms with E-state index in [1.54, 1.807) is 7.11 Å². The zero-order chi connectivity index (χ0) is 14.1. The Bertz CT molecular complexity index is 611. The van der Waals surface area contributed by atoms with E-state index in [4.69, 9.17) is 15.2 Å². The predicted molar refractivity (Wildman–Crippen MR) is 80.9 cm³/mol. The van der Waals surface area contributed by atoms with E-state index in [1.165, 1.54) is 16.3 Å². The number of benzene rings is 2. The van der Waals surface area contributed by atoms with Crippen LogP contribution in [0.15, 0.2) is 36.4 Å². The van der Waals surface area contributed by atoms with Gasteiger partial charge in [-0.1, -0.05) is 18.2 Å². The number of nitrogens with two attached hydrogens (primary N) is 1. The van der Waals surface area contributed by atoms with Crippen LogP contribution in [0, 0.1) is 5.92 Å². The lowest BCUT2D eigenvalue weighted by Crippen LogP contribution is -2.21. The van der Waals surface area contributed by atoms with Crippen LogP contribution in [0.3, 0.4) is 0 Å². The lowest BCUT2D eigenvalue weighted by molar-refractivity contribution is 0.118. The van der Waals surface area contributed by atoms with Gasteiger partial charge in [0.05, 0.1) is 19.8 Å². The molecule has 1 heterocycles. The smallest absolute Gasteiger partial charge is 0.119 e. The zero-order valence-electron chi connectivity index (χ0n) is 12.0. The highest BCUT2D eigenvalue weighted by molar-refractivity contribution is 5.84. The number of hydrogen-bond donors (Lipinski definition) is 1. The van der Waals surface area contributed by atoms with Crippen molar-refractivity contribution in [3.05, 3.63) is 42.0 Å². The second kappa shape index (κ2) is 5.43. The van der Waals surface area contributed by atoms with E-state index < -0.39 is 0 Å². The van der Waals surface area contributed by atoms with Crippen LogP contribution in [-0.2, 0) is 4.74 Å². The minimum atomic E-state index is 0.0476. The van der Waals surface area contributed by atoms with Crippen molar-refractivity contribution in [2.24, 2.45) is 11.7 Å². The van der Waals surface area contributed by atoms with Gasteiger partial charge in [-0.05, 0) is 47.9 Å². The van der Waals surface area contributed by atoms with Gasteiger partial charge in [0.25, 0.3) is 0 Å². The Morgan fingerprint density at radius 3 is 2.65 bits per heavy atom. The molecule has 0 aromatic heterocycles. The summed E-state index contributed by atoms with van der Waals surface area (Å²) < 4.78 is 10.9. The van der Waals surface area contributed by atoms with Crippen LogP contribution >= 0.6 is 0 Å². The first-order chi connectivity index (χ1) is 9.67. The summed E-state index contributed by atoms with van der Waals surface area (Å²) >= 11 is 0. The third kappa shape index (κ3) is 2.51. The molecule has 2 aromatic carbocycles. The van der Waals surface area contributed by atoms with Crippen LogP contribution in [0.4, 0.5) is 0 Å². The van der Waals surface area contributed by atoms with Crippen molar-refractivity contribution >= 4 is 10.8 Å². The lowest BCUT2D eigenvalue weighted by atomic mass is 9.90. The van der Waals surface area contributed by atoms with Crippen LogP contribution in [0.5, 0.6) is 5.75 Å². The third-order valence-electron chi connectivity index (χ3n) is 4.19. The summed E-state index contributed by atoms with van der Waals surface area (Å²) in [5.41, 5.74) is 7.59. The Kier molecular flexibility index (Phi) is 3.64. The van der Waals surface area contributed by atoms with E-state index in [-0.39, 0.29) is 6.04 Å². The molecule has 1 aliphatic heterocycles. The van der Waals surface area contributed by atoms with Gasteiger partial charge in [0.15, 0.2) is 0 Å². The molecule has 0 saturated carbocycles. The molecule has 2 aromatic rings. The SMILES string of the molecule is COc1ccc2cc(C(N)C3COC(C)C3)ccc2c1. The standard InChI is InChI=1S/C17H21NO2/c1-11-7-15(10-20-11)17(18)14-4-3-13-9-16(19-2)6-5-12(13)8-14/h3-6,8-9,11,15,17H,7,10,18H2,1-2H3. The number of fused-ring (bicyclic) bond motifs is 1. The van der Waals surface area contributed by atoms with Crippen LogP contribution in [0.1, 0.15) is 24.9 Å². The van der Waals surface area contributed by atoms with Crippen molar-refractivity contribution in [2.75, 3.05) is 13.7 Å². The molecular weight excluding hydrogens is 250 g/mol. The summed E-state index contributed by atoms with van der Waals surface area (Å²) in [6.45, 7) is 2.88. The normalized spacial score (nSPS) is 23.9. The van der Waals surface area contributed by atoms with Crippen molar-refractivity contribution in [1.82, 2.24) is 0 Å². The highest BCUT2D eigenvalue weighted by Crippen LogP contribution is 2.31. The van der Waals surface area contributed by atoms with Crippen LogP contribution < -0.4 is 10.5 Å². The van der Waals surface area contributed by atoms with Gasteiger partial charge in [0.2, 0.25) is 0 Å². The molecule has 0 bridgehead atoms. The first-order valence-corrected chi connectivity index (χ1v) is 7.12. The molecule has 1 aliphatic rings. The minimum absolute atomic E-state index is 0.0476. The van der Waals surface area contributed by atoms with Crippen LogP contribution in [0.25, 0.3) is 10.8 Å². The minimum Gasteiger partial charge on any atom is -0.497 e. The number of ether oxygens (including phenoxy) is 2. The summed E-state index contributed by atoms with van der Waals surface area (Å²) in [5.74, 6) is 1.30. The van der Waals surface area contributed by atoms with Crippen LogP contribution in [-0.4, -0.2) is 19.8 Å². The van der Waals surface area contributed by atoms with Gasteiger partial charge in [0, 0.05) is 12.0 Å². The molecule has 0 aliphatic carbocycles. The molecule has 3 nitrogen and oxygen atoms in total. The fourth-order valence-corrected chi connectivity index (χ4v) is 2.95. The van der Waals surface area contributed by atoms with Crippen molar-refractivity contribution < 1.29 is 9.47 Å². The fourth-order valence-electron chi connectivity index (χ4n) is 2.95. The summed E-state index contributed by atoms with van der Waals surface area (Å²) in [7, 11) is 1.69. The molecule has 0 amide bonds. The van der Waals surface area contributed by atoms with E-state index in [9.17, 15) is 0 Å². The Morgan fingerprint density at radius 2 is 1.95 bits per heavy atom. The van der Waals surface area contributed by atoms with Gasteiger partial charge in [0.1, 0.15) is 5.75 Å². The molecule has 20 heavy (non-hydrogen) atoms. The zero-order valence-corrected chi connectivity index (χ0v) is 12.0. The number of rotatable bonds is 3. The molecule has 1 saturated heterocycles. The average molecular weight is 271 g/mol. The van der Waals surface area contributed by atoms with E-state index in [2.05, 4.69) is 31.2 Å². The van der Waals surface area contributed by atoms with Gasteiger partial charge < -0.3 is 15.2 Å². The average Bonchev–Trinajstić information content (AvgIpc) is 2.92. The Morgan fingerprint density at radius 1 is 1.20 bits per heavy atom. The summed E-state index contributed by atoms with van der Waals surface area (Å²) in [6.07, 6.45) is 1.37. The predicted octanol–water partition coefficient (Wildman–Crippen LogP) is 3.27. The molecule has 3 heteroatoms. The number of hydrogen-bond acceptors (Lipinski definition) is 3. The second-order valence-electron chi connectivity index (χ2n) is 5.64. The highest BCUT2D eigenvalue weighted by atomic mass is 16.5. The summed E-state index contributed by atoms with van der Waals surface area (Å²) in [6, 6.07) is 12.6. The van der Waals surface area contributed by atoms with E-state index in [1.807, 2.05) is 12.1 Å². The molecule has 1 fully saturated rings. The largest absolute Gasteiger partial charge is 0.497 e. The van der Waals surface area contributed by atoms with Gasteiger partial charge >= 0.3 is 0 Å². The highest BCUT2D eigenvalue weighted by Gasteiger charge is 2.28. The van der Waals surface area contributed by atoms with Crippen molar-refractivity contribution in [3.63, 3.8) is 0 Å². The molecule has 3 atom stereocenters. The maximum atomic E-state index is 6.40. The first-order valence-electron chi connectivity index (χ1n) is 7.12. The molecule has 0 radical (unpaired) electrons. The van der Waals surface area contributed by atoms with Crippen molar-refractivity contribution in [2.45, 2.75) is 25.5 Å². The first kappa shape index (κ1) is 13.4. The Labute approximate surface area is 119 Å². The van der Waals surface area contributed by atoms with Gasteiger partial charge in [-0.2, -0.15) is 0 Å². The van der Waals surface area contributed by atoms with Crippen molar-refractivity contribution in [1.29, 1.82) is 0 Å². The molecule has 3 rings (SSSR count). The van der Waals surface area contributed by atoms with Gasteiger partial charge in [-0.3, -0.25) is 0 Å². The topological polar surface area (TPSA) is 44.5 Å². The maximum Gasteiger partial charge on any atom is 0.119 e. The summed E-state index contributed by atoms with van der Waals surface area (Å²) in [4.78, 5) is 0. The molecular formula is C17H21NO2. The monoisotopic (exact) mass is 271 g/mol. The van der Waals surface area contributed by atoms with Crippen molar-refractivity contribution in [3.8, 4) is 5.75 Å². The lowest BCUT2D eigenvalue weighted by Gasteiger charge is -2.18. The Hall–Kier alpha value is -1.58. The Balaban J connectivity index is 1.88. The molecule has 0 spiro atoms. The van der Waals surface area contributed by atoms with Crippen LogP contribution in [0.2, 0.25) is 0 Å². The quantitative estimate of drug-likeness (QED) is 0.931. The maximum absolute atomic E-state index is 6.40. The number of methoxy groups -OCH3 is 1. The third-order valence-corrected chi connectivity index (χ3v) is 4.19. The van der Waals surface area contributed by atoms with Gasteiger partial charge in [-0.25, -0.2) is 0 Å². The second-order valence-corrected chi connectivity index (χ2v) is 5.64. The van der Waals surface area contributed by atoms with E-state index in [0.717, 1.165) is 18.8 Å². The molecule has 106 valence electrons. The molecule has 3 unspecified atom stereocenters. The fraction of sp³-hybridized carbons (Fsp3) is 0.412. The van der Waals surface area contributed by atoms with E-state index >= 15 is 0 Å². The molecule has 2 N–H and O–H groups in total.